The van der Waals surface area contributed by atoms with E-state index in [9.17, 15) is 20.4 Å². The molecule has 0 aliphatic rings. The van der Waals surface area contributed by atoms with Gasteiger partial charge in [-0.15, -0.1) is 0 Å². The van der Waals surface area contributed by atoms with Crippen LogP contribution < -0.4 is 4.74 Å². The van der Waals surface area contributed by atoms with Crippen LogP contribution in [0.1, 0.15) is 0 Å². The number of methoxy groups -OCH3 is 1. The minimum atomic E-state index is -0.281. The molecule has 5 heteroatoms. The average molecular weight is 272 g/mol. The van der Waals surface area contributed by atoms with Crippen LogP contribution in [0.4, 0.5) is 0 Å². The number of rotatable bonds is 1. The van der Waals surface area contributed by atoms with Crippen molar-refractivity contribution < 1.29 is 25.2 Å². The molecule has 0 radical (unpaired) electrons. The zero-order valence-electron chi connectivity index (χ0n) is 10.6. The summed E-state index contributed by atoms with van der Waals surface area (Å²) in [5, 5.41) is 41.1. The molecule has 0 aliphatic heterocycles. The minimum Gasteiger partial charge on any atom is -0.504 e. The fraction of sp³-hybridized carbons (Fsp3) is 0.0667. The Labute approximate surface area is 113 Å². The molecule has 0 aromatic heterocycles. The SMILES string of the molecule is COc1cc(O)c(O)c2ccc3cc(O)c(O)cc3c12. The van der Waals surface area contributed by atoms with Gasteiger partial charge in [0.1, 0.15) is 5.75 Å². The minimum absolute atomic E-state index is 0.223. The molecule has 0 atom stereocenters. The van der Waals surface area contributed by atoms with Crippen molar-refractivity contribution >= 4 is 21.5 Å². The molecule has 5 nitrogen and oxygen atoms in total. The molecule has 0 unspecified atom stereocenters. The highest BCUT2D eigenvalue weighted by molar-refractivity contribution is 6.13. The molecule has 0 amide bonds. The Bertz CT molecular complexity index is 839. The molecule has 3 rings (SSSR count). The largest absolute Gasteiger partial charge is 0.504 e. The van der Waals surface area contributed by atoms with Gasteiger partial charge in [0.2, 0.25) is 0 Å². The molecule has 0 spiro atoms. The third kappa shape index (κ3) is 1.56. The van der Waals surface area contributed by atoms with Crippen LogP contribution in [0.15, 0.2) is 30.3 Å². The maximum absolute atomic E-state index is 9.94. The second-order valence-corrected chi connectivity index (χ2v) is 4.50. The Morgan fingerprint density at radius 3 is 2.20 bits per heavy atom. The van der Waals surface area contributed by atoms with E-state index in [1.165, 1.54) is 25.3 Å². The number of benzene rings is 3. The number of hydrogen-bond acceptors (Lipinski definition) is 5. The lowest BCUT2D eigenvalue weighted by atomic mass is 9.99. The van der Waals surface area contributed by atoms with E-state index in [1.54, 1.807) is 12.1 Å². The average Bonchev–Trinajstić information content (AvgIpc) is 2.43. The lowest BCUT2D eigenvalue weighted by Gasteiger charge is -2.12. The number of phenols is 4. The standard InChI is InChI=1S/C15H12O5/c1-20-13-6-12(18)15(19)8-3-2-7-4-10(16)11(17)5-9(7)14(8)13/h2-6,16-19H,1H3. The maximum Gasteiger partial charge on any atom is 0.165 e. The van der Waals surface area contributed by atoms with E-state index in [1.807, 2.05) is 0 Å². The van der Waals surface area contributed by atoms with Gasteiger partial charge < -0.3 is 25.2 Å². The van der Waals surface area contributed by atoms with Gasteiger partial charge in [-0.25, -0.2) is 0 Å². The van der Waals surface area contributed by atoms with Crippen molar-refractivity contribution in [3.63, 3.8) is 0 Å². The van der Waals surface area contributed by atoms with Crippen LogP contribution in [0.2, 0.25) is 0 Å². The molecule has 20 heavy (non-hydrogen) atoms. The van der Waals surface area contributed by atoms with Gasteiger partial charge in [0.15, 0.2) is 23.0 Å². The third-order valence-corrected chi connectivity index (χ3v) is 3.35. The Morgan fingerprint density at radius 2 is 1.50 bits per heavy atom. The fourth-order valence-corrected chi connectivity index (χ4v) is 2.38. The smallest absolute Gasteiger partial charge is 0.165 e. The molecular formula is C15H12O5. The third-order valence-electron chi connectivity index (χ3n) is 3.35. The topological polar surface area (TPSA) is 90.2 Å². The van der Waals surface area contributed by atoms with E-state index in [0.29, 0.717) is 27.3 Å². The molecule has 102 valence electrons. The first-order valence-corrected chi connectivity index (χ1v) is 5.90. The monoisotopic (exact) mass is 272 g/mol. The maximum atomic E-state index is 9.94. The van der Waals surface area contributed by atoms with Gasteiger partial charge in [0.05, 0.1) is 7.11 Å². The quantitative estimate of drug-likeness (QED) is 0.404. The van der Waals surface area contributed by atoms with E-state index in [2.05, 4.69) is 0 Å². The molecule has 0 heterocycles. The lowest BCUT2D eigenvalue weighted by molar-refractivity contribution is 0.393. The highest BCUT2D eigenvalue weighted by atomic mass is 16.5. The number of phenolic OH excluding ortho intramolecular Hbond substituents is 4. The Balaban J connectivity index is 2.59. The van der Waals surface area contributed by atoms with E-state index in [-0.39, 0.29) is 23.0 Å². The van der Waals surface area contributed by atoms with Crippen LogP contribution in [-0.2, 0) is 0 Å². The fourth-order valence-electron chi connectivity index (χ4n) is 2.38. The highest BCUT2D eigenvalue weighted by Gasteiger charge is 2.15. The van der Waals surface area contributed by atoms with Gasteiger partial charge in [-0.2, -0.15) is 0 Å². The molecule has 0 saturated carbocycles. The van der Waals surface area contributed by atoms with Crippen molar-refractivity contribution in [2.75, 3.05) is 7.11 Å². The van der Waals surface area contributed by atoms with Gasteiger partial charge in [-0.3, -0.25) is 0 Å². The van der Waals surface area contributed by atoms with Gasteiger partial charge >= 0.3 is 0 Å². The predicted octanol–water partition coefficient (Wildman–Crippen LogP) is 2.82. The zero-order chi connectivity index (χ0) is 14.4. The Kier molecular flexibility index (Phi) is 2.50. The van der Waals surface area contributed by atoms with Gasteiger partial charge in [-0.1, -0.05) is 6.07 Å². The molecule has 0 bridgehead atoms. The number of ether oxygens (including phenoxy) is 1. The van der Waals surface area contributed by atoms with Crippen LogP contribution in [-0.4, -0.2) is 27.5 Å². The number of hydrogen-bond donors (Lipinski definition) is 4. The predicted molar refractivity (Wildman–Crippen MR) is 74.7 cm³/mol. The number of fused-ring (bicyclic) bond motifs is 3. The summed E-state index contributed by atoms with van der Waals surface area (Å²) in [4.78, 5) is 0. The van der Waals surface area contributed by atoms with Crippen LogP contribution in [0.3, 0.4) is 0 Å². The Morgan fingerprint density at radius 1 is 0.800 bits per heavy atom. The highest BCUT2D eigenvalue weighted by Crippen LogP contribution is 2.44. The molecule has 3 aromatic rings. The second-order valence-electron chi connectivity index (χ2n) is 4.50. The van der Waals surface area contributed by atoms with Crippen LogP contribution in [0, 0.1) is 0 Å². The summed E-state index contributed by atoms with van der Waals surface area (Å²) in [5.41, 5.74) is 0. The molecule has 3 aromatic carbocycles. The van der Waals surface area contributed by atoms with Crippen molar-refractivity contribution in [1.29, 1.82) is 0 Å². The number of aromatic hydroxyl groups is 4. The molecular weight excluding hydrogens is 260 g/mol. The van der Waals surface area contributed by atoms with Crippen molar-refractivity contribution in [1.82, 2.24) is 0 Å². The van der Waals surface area contributed by atoms with Crippen LogP contribution in [0.25, 0.3) is 21.5 Å². The van der Waals surface area contributed by atoms with Gasteiger partial charge in [0.25, 0.3) is 0 Å². The van der Waals surface area contributed by atoms with E-state index >= 15 is 0 Å². The molecule has 4 N–H and O–H groups in total. The summed E-state index contributed by atoms with van der Waals surface area (Å²) in [7, 11) is 1.45. The van der Waals surface area contributed by atoms with Crippen molar-refractivity contribution in [2.24, 2.45) is 0 Å². The van der Waals surface area contributed by atoms with E-state index in [4.69, 9.17) is 4.74 Å². The summed E-state index contributed by atoms with van der Waals surface area (Å²) < 4.78 is 5.23. The van der Waals surface area contributed by atoms with E-state index < -0.39 is 0 Å². The second kappa shape index (κ2) is 4.09. The summed E-state index contributed by atoms with van der Waals surface area (Å²) in [6.45, 7) is 0. The van der Waals surface area contributed by atoms with Crippen LogP contribution >= 0.6 is 0 Å². The first kappa shape index (κ1) is 12.2. The zero-order valence-corrected chi connectivity index (χ0v) is 10.6. The summed E-state index contributed by atoms with van der Waals surface area (Å²) in [6, 6.07) is 7.42. The van der Waals surface area contributed by atoms with Crippen molar-refractivity contribution in [3.8, 4) is 28.7 Å². The van der Waals surface area contributed by atoms with E-state index in [0.717, 1.165) is 0 Å². The molecule has 0 aliphatic carbocycles. The Hall–Kier alpha value is -2.82. The van der Waals surface area contributed by atoms with Crippen molar-refractivity contribution in [3.05, 3.63) is 30.3 Å². The molecule has 0 saturated heterocycles. The summed E-state index contributed by atoms with van der Waals surface area (Å²) in [6.07, 6.45) is 0. The lowest BCUT2D eigenvalue weighted by Crippen LogP contribution is -1.88. The van der Waals surface area contributed by atoms with Crippen molar-refractivity contribution in [2.45, 2.75) is 0 Å². The first-order chi connectivity index (χ1) is 9.52. The summed E-state index contributed by atoms with van der Waals surface area (Å²) in [5.74, 6) is -0.656. The van der Waals surface area contributed by atoms with Gasteiger partial charge in [-0.05, 0) is 29.0 Å². The van der Waals surface area contributed by atoms with Crippen LogP contribution in [0.5, 0.6) is 28.7 Å². The molecule has 0 fully saturated rings. The first-order valence-electron chi connectivity index (χ1n) is 5.90. The summed E-state index contributed by atoms with van der Waals surface area (Å²) >= 11 is 0. The van der Waals surface area contributed by atoms with Gasteiger partial charge in [0, 0.05) is 16.8 Å². The normalized spacial score (nSPS) is 11.1.